The van der Waals surface area contributed by atoms with E-state index < -0.39 is 10.0 Å². The lowest BCUT2D eigenvalue weighted by Crippen LogP contribution is -2.38. The van der Waals surface area contributed by atoms with E-state index in [1.54, 1.807) is 12.1 Å². The summed E-state index contributed by atoms with van der Waals surface area (Å²) in [4.78, 5) is 11.7. The Labute approximate surface area is 130 Å². The fourth-order valence-electron chi connectivity index (χ4n) is 1.65. The molecule has 0 saturated carbocycles. The Morgan fingerprint density at radius 2 is 2.05 bits per heavy atom. The minimum absolute atomic E-state index is 0.169. The third-order valence-corrected chi connectivity index (χ3v) is 3.66. The Balaban J connectivity index is 2.27. The molecule has 0 fully saturated rings. The van der Waals surface area contributed by atoms with Gasteiger partial charge < -0.3 is 10.6 Å². The van der Waals surface area contributed by atoms with Crippen LogP contribution >= 0.6 is 11.6 Å². The molecule has 0 saturated heterocycles. The van der Waals surface area contributed by atoms with Gasteiger partial charge in [-0.05, 0) is 31.0 Å². The maximum absolute atomic E-state index is 11.7. The highest BCUT2D eigenvalue weighted by atomic mass is 35.5. The van der Waals surface area contributed by atoms with Gasteiger partial charge in [-0.2, -0.15) is 0 Å². The molecule has 21 heavy (non-hydrogen) atoms. The molecule has 6 nitrogen and oxygen atoms in total. The number of sulfonamides is 1. The zero-order valence-electron chi connectivity index (χ0n) is 12.0. The lowest BCUT2D eigenvalue weighted by Gasteiger charge is -2.15. The van der Waals surface area contributed by atoms with Crippen LogP contribution in [-0.4, -0.2) is 33.8 Å². The Hall–Kier alpha value is -1.31. The number of amides is 2. The van der Waals surface area contributed by atoms with Gasteiger partial charge in [0.15, 0.2) is 0 Å². The van der Waals surface area contributed by atoms with Crippen molar-refractivity contribution < 1.29 is 13.2 Å². The largest absolute Gasteiger partial charge is 0.338 e. The molecule has 0 aliphatic heterocycles. The molecule has 1 aromatic rings. The van der Waals surface area contributed by atoms with E-state index in [-0.39, 0.29) is 12.1 Å². The number of nitrogens with one attached hydrogen (secondary N) is 3. The van der Waals surface area contributed by atoms with Gasteiger partial charge >= 0.3 is 6.03 Å². The van der Waals surface area contributed by atoms with Crippen LogP contribution in [0.4, 0.5) is 4.79 Å². The average molecular weight is 334 g/mol. The van der Waals surface area contributed by atoms with Crippen LogP contribution in [0.5, 0.6) is 0 Å². The van der Waals surface area contributed by atoms with Crippen LogP contribution in [-0.2, 0) is 10.0 Å². The minimum atomic E-state index is -3.17. The average Bonchev–Trinajstić information content (AvgIpc) is 2.36. The van der Waals surface area contributed by atoms with Crippen LogP contribution in [0.15, 0.2) is 24.3 Å². The smallest absolute Gasteiger partial charge is 0.315 e. The molecule has 0 aromatic heterocycles. The van der Waals surface area contributed by atoms with Crippen molar-refractivity contribution in [2.45, 2.75) is 19.4 Å². The summed E-state index contributed by atoms with van der Waals surface area (Å²) in [7, 11) is -3.17. The molecular formula is C13H20ClN3O3S. The number of hydrogen-bond donors (Lipinski definition) is 3. The second-order valence-corrected chi connectivity index (χ2v) is 6.97. The Bertz CT molecular complexity index is 578. The van der Waals surface area contributed by atoms with Gasteiger partial charge in [0.2, 0.25) is 10.0 Å². The second kappa shape index (κ2) is 8.21. The monoisotopic (exact) mass is 333 g/mol. The predicted octanol–water partition coefficient (Wildman–Crippen LogP) is 1.64. The van der Waals surface area contributed by atoms with Crippen LogP contribution in [0.3, 0.4) is 0 Å². The van der Waals surface area contributed by atoms with Gasteiger partial charge in [-0.15, -0.1) is 0 Å². The quantitative estimate of drug-likeness (QED) is 0.663. The summed E-state index contributed by atoms with van der Waals surface area (Å²) < 4.78 is 24.0. The van der Waals surface area contributed by atoms with E-state index in [4.69, 9.17) is 11.6 Å². The van der Waals surface area contributed by atoms with Crippen LogP contribution in [0, 0.1) is 0 Å². The summed E-state index contributed by atoms with van der Waals surface area (Å²) in [6.07, 6.45) is 1.62. The van der Waals surface area contributed by atoms with Crippen molar-refractivity contribution in [3.63, 3.8) is 0 Å². The first-order valence-electron chi connectivity index (χ1n) is 6.52. The first kappa shape index (κ1) is 17.7. The van der Waals surface area contributed by atoms with Crippen molar-refractivity contribution >= 4 is 27.7 Å². The molecule has 1 rings (SSSR count). The summed E-state index contributed by atoms with van der Waals surface area (Å²) in [5.74, 6) is 0. The van der Waals surface area contributed by atoms with Crippen LogP contribution in [0.2, 0.25) is 5.02 Å². The van der Waals surface area contributed by atoms with Gasteiger partial charge in [0.25, 0.3) is 0 Å². The number of urea groups is 1. The van der Waals surface area contributed by atoms with Crippen LogP contribution < -0.4 is 15.4 Å². The maximum atomic E-state index is 11.7. The fourth-order valence-corrected chi connectivity index (χ4v) is 2.37. The van der Waals surface area contributed by atoms with Gasteiger partial charge in [-0.3, -0.25) is 0 Å². The van der Waals surface area contributed by atoms with Crippen molar-refractivity contribution in [3.8, 4) is 0 Å². The lowest BCUT2D eigenvalue weighted by molar-refractivity contribution is 0.238. The van der Waals surface area contributed by atoms with E-state index in [9.17, 15) is 13.2 Å². The summed E-state index contributed by atoms with van der Waals surface area (Å²) >= 11 is 5.90. The van der Waals surface area contributed by atoms with Gasteiger partial charge in [-0.1, -0.05) is 23.7 Å². The molecule has 3 N–H and O–H groups in total. The van der Waals surface area contributed by atoms with Gasteiger partial charge in [0.05, 0.1) is 12.3 Å². The topological polar surface area (TPSA) is 87.3 Å². The fraction of sp³-hybridized carbons (Fsp3) is 0.462. The van der Waals surface area contributed by atoms with Crippen LogP contribution in [0.1, 0.15) is 24.9 Å². The Morgan fingerprint density at radius 1 is 1.33 bits per heavy atom. The van der Waals surface area contributed by atoms with Crippen molar-refractivity contribution in [1.82, 2.24) is 15.4 Å². The Kier molecular flexibility index (Phi) is 6.94. The number of carbonyl (C=O) groups is 1. The number of hydrogen-bond acceptors (Lipinski definition) is 3. The Morgan fingerprint density at radius 3 is 2.67 bits per heavy atom. The van der Waals surface area contributed by atoms with Crippen molar-refractivity contribution in [2.24, 2.45) is 0 Å². The van der Waals surface area contributed by atoms with Gasteiger partial charge in [-0.25, -0.2) is 17.9 Å². The standard InChI is InChI=1S/C13H20ClN3O3S/c1-10(11-5-3-6-12(14)9-11)17-13(18)15-7-4-8-16-21(2,19)20/h3,5-6,9-10,16H,4,7-8H2,1-2H3,(H2,15,17,18)/t10-/m1/s1. The second-order valence-electron chi connectivity index (χ2n) is 4.70. The lowest BCUT2D eigenvalue weighted by atomic mass is 10.1. The maximum Gasteiger partial charge on any atom is 0.315 e. The van der Waals surface area contributed by atoms with E-state index in [2.05, 4.69) is 15.4 Å². The van der Waals surface area contributed by atoms with E-state index >= 15 is 0 Å². The molecule has 0 heterocycles. The molecule has 0 aliphatic rings. The van der Waals surface area contributed by atoms with E-state index in [1.165, 1.54) is 0 Å². The number of benzene rings is 1. The van der Waals surface area contributed by atoms with Crippen molar-refractivity contribution in [3.05, 3.63) is 34.9 Å². The third-order valence-electron chi connectivity index (χ3n) is 2.70. The third kappa shape index (κ3) is 7.89. The van der Waals surface area contributed by atoms with Crippen molar-refractivity contribution in [2.75, 3.05) is 19.3 Å². The van der Waals surface area contributed by atoms with E-state index in [0.717, 1.165) is 11.8 Å². The minimum Gasteiger partial charge on any atom is -0.338 e. The molecule has 0 unspecified atom stereocenters. The predicted molar refractivity (Wildman–Crippen MR) is 83.9 cm³/mol. The molecule has 1 aromatic carbocycles. The van der Waals surface area contributed by atoms with E-state index in [1.807, 2.05) is 19.1 Å². The highest BCUT2D eigenvalue weighted by molar-refractivity contribution is 7.88. The zero-order valence-corrected chi connectivity index (χ0v) is 13.6. The summed E-state index contributed by atoms with van der Waals surface area (Å²) in [5, 5.41) is 6.07. The molecule has 1 atom stereocenters. The number of rotatable bonds is 7. The molecule has 0 bridgehead atoms. The van der Waals surface area contributed by atoms with E-state index in [0.29, 0.717) is 24.5 Å². The van der Waals surface area contributed by atoms with Crippen LogP contribution in [0.25, 0.3) is 0 Å². The molecule has 0 aliphatic carbocycles. The molecular weight excluding hydrogens is 314 g/mol. The normalized spacial score (nSPS) is 12.7. The molecule has 0 radical (unpaired) electrons. The zero-order chi connectivity index (χ0) is 15.9. The first-order chi connectivity index (χ1) is 9.78. The summed E-state index contributed by atoms with van der Waals surface area (Å²) in [5.41, 5.74) is 0.913. The number of carbonyl (C=O) groups excluding carboxylic acids is 1. The molecule has 0 spiro atoms. The molecule has 8 heteroatoms. The first-order valence-corrected chi connectivity index (χ1v) is 8.79. The highest BCUT2D eigenvalue weighted by Crippen LogP contribution is 2.16. The highest BCUT2D eigenvalue weighted by Gasteiger charge is 2.09. The number of halogens is 1. The molecule has 118 valence electrons. The van der Waals surface area contributed by atoms with Crippen molar-refractivity contribution in [1.29, 1.82) is 0 Å². The SMILES string of the molecule is C[C@@H](NC(=O)NCCCNS(C)(=O)=O)c1cccc(Cl)c1. The van der Waals surface area contributed by atoms with Gasteiger partial charge in [0, 0.05) is 18.1 Å². The van der Waals surface area contributed by atoms with Gasteiger partial charge in [0.1, 0.15) is 0 Å². The summed E-state index contributed by atoms with van der Waals surface area (Å²) in [6, 6.07) is 6.80. The molecule has 2 amide bonds. The summed E-state index contributed by atoms with van der Waals surface area (Å²) in [6.45, 7) is 2.54.